The molecule has 0 aliphatic carbocycles. The molecule has 0 saturated heterocycles. The number of halogens is 1. The van der Waals surface area contributed by atoms with Crippen molar-refractivity contribution in [1.82, 2.24) is 4.98 Å². The minimum Gasteiger partial charge on any atom is -0.424 e. The summed E-state index contributed by atoms with van der Waals surface area (Å²) in [7, 11) is 0. The van der Waals surface area contributed by atoms with Crippen molar-refractivity contribution >= 4 is 28.7 Å². The molecular weight excluding hydrogens is 224 g/mol. The number of fused-ring (bicyclic) bond motifs is 1. The highest BCUT2D eigenvalue weighted by Gasteiger charge is 2.11. The smallest absolute Gasteiger partial charge is 0.295 e. The number of nitrogens with zero attached hydrogens (tertiary/aromatic N) is 1. The van der Waals surface area contributed by atoms with Gasteiger partial charge in [-0.05, 0) is 18.1 Å². The van der Waals surface area contributed by atoms with Gasteiger partial charge in [0.1, 0.15) is 5.52 Å². The van der Waals surface area contributed by atoms with Gasteiger partial charge in [-0.25, -0.2) is 0 Å². The summed E-state index contributed by atoms with van der Waals surface area (Å²) < 4.78 is 5.52. The molecule has 1 unspecified atom stereocenters. The summed E-state index contributed by atoms with van der Waals surface area (Å²) >= 11 is 6.13. The largest absolute Gasteiger partial charge is 0.424 e. The molecule has 1 atom stereocenters. The lowest BCUT2D eigenvalue weighted by atomic mass is 10.1. The Kier molecular flexibility index (Phi) is 3.34. The molecule has 1 aromatic heterocycles. The van der Waals surface area contributed by atoms with E-state index in [1.165, 1.54) is 0 Å². The van der Waals surface area contributed by atoms with Crippen LogP contribution in [0.1, 0.15) is 13.8 Å². The van der Waals surface area contributed by atoms with Crippen LogP contribution in [0.2, 0.25) is 0 Å². The molecule has 1 heterocycles. The molecule has 0 amide bonds. The van der Waals surface area contributed by atoms with E-state index in [4.69, 9.17) is 16.0 Å². The zero-order valence-corrected chi connectivity index (χ0v) is 10.2. The van der Waals surface area contributed by atoms with Crippen molar-refractivity contribution < 1.29 is 4.42 Å². The Morgan fingerprint density at radius 2 is 2.12 bits per heavy atom. The Morgan fingerprint density at radius 3 is 2.81 bits per heavy atom. The maximum absolute atomic E-state index is 6.13. The zero-order chi connectivity index (χ0) is 11.5. The van der Waals surface area contributed by atoms with Gasteiger partial charge in [0.2, 0.25) is 0 Å². The summed E-state index contributed by atoms with van der Waals surface area (Å²) in [4.78, 5) is 4.31. The maximum atomic E-state index is 6.13. The number of alkyl halides is 1. The van der Waals surface area contributed by atoms with E-state index in [-0.39, 0.29) is 5.38 Å². The van der Waals surface area contributed by atoms with E-state index < -0.39 is 0 Å². The lowest BCUT2D eigenvalue weighted by molar-refractivity contribution is 0.585. The first-order valence-corrected chi connectivity index (χ1v) is 5.84. The quantitative estimate of drug-likeness (QED) is 0.829. The third-order valence-electron chi connectivity index (χ3n) is 2.47. The Morgan fingerprint density at radius 1 is 1.38 bits per heavy atom. The van der Waals surface area contributed by atoms with Crippen molar-refractivity contribution in [2.24, 2.45) is 5.92 Å². The molecule has 1 aromatic carbocycles. The van der Waals surface area contributed by atoms with Crippen molar-refractivity contribution in [2.45, 2.75) is 19.2 Å². The van der Waals surface area contributed by atoms with Crippen LogP contribution in [0, 0.1) is 5.92 Å². The van der Waals surface area contributed by atoms with Gasteiger partial charge in [-0.3, -0.25) is 0 Å². The van der Waals surface area contributed by atoms with E-state index in [0.717, 1.165) is 11.1 Å². The summed E-state index contributed by atoms with van der Waals surface area (Å²) in [5, 5.41) is 3.18. The van der Waals surface area contributed by atoms with Gasteiger partial charge in [0, 0.05) is 6.54 Å². The molecular formula is C12H15ClN2O. The average molecular weight is 239 g/mol. The number of hydrogen-bond donors (Lipinski definition) is 1. The number of anilines is 1. The second-order valence-electron chi connectivity index (χ2n) is 4.13. The standard InChI is InChI=1S/C12H15ClN2O/c1-8(2)9(13)7-14-12-15-10-5-3-4-6-11(10)16-12/h3-6,8-9H,7H2,1-2H3,(H,14,15). The predicted molar refractivity (Wildman–Crippen MR) is 67.0 cm³/mol. The second-order valence-corrected chi connectivity index (χ2v) is 4.69. The molecule has 0 radical (unpaired) electrons. The summed E-state index contributed by atoms with van der Waals surface area (Å²) in [5.74, 6) is 0.429. The fraction of sp³-hybridized carbons (Fsp3) is 0.417. The van der Waals surface area contributed by atoms with Crippen LogP contribution in [0.25, 0.3) is 11.1 Å². The van der Waals surface area contributed by atoms with Crippen LogP contribution in [-0.2, 0) is 0 Å². The SMILES string of the molecule is CC(C)C(Cl)CNc1nc2ccccc2o1. The first kappa shape index (κ1) is 11.3. The summed E-state index contributed by atoms with van der Waals surface area (Å²) in [6.45, 7) is 4.84. The summed E-state index contributed by atoms with van der Waals surface area (Å²) in [6, 6.07) is 8.22. The first-order valence-electron chi connectivity index (χ1n) is 5.40. The van der Waals surface area contributed by atoms with Gasteiger partial charge in [-0.2, -0.15) is 4.98 Å². The molecule has 3 nitrogen and oxygen atoms in total. The molecule has 2 aromatic rings. The minimum atomic E-state index is 0.0787. The Labute approximate surface area is 99.8 Å². The van der Waals surface area contributed by atoms with E-state index in [0.29, 0.717) is 18.5 Å². The fourth-order valence-electron chi connectivity index (χ4n) is 1.37. The normalized spacial score (nSPS) is 13.2. The van der Waals surface area contributed by atoms with E-state index in [9.17, 15) is 0 Å². The number of oxazole rings is 1. The van der Waals surface area contributed by atoms with Gasteiger partial charge in [-0.15, -0.1) is 11.6 Å². The second kappa shape index (κ2) is 4.74. The molecule has 86 valence electrons. The number of nitrogens with one attached hydrogen (secondary N) is 1. The van der Waals surface area contributed by atoms with E-state index >= 15 is 0 Å². The predicted octanol–water partition coefficient (Wildman–Crippen LogP) is 3.50. The molecule has 4 heteroatoms. The van der Waals surface area contributed by atoms with Gasteiger partial charge in [0.25, 0.3) is 6.01 Å². The van der Waals surface area contributed by atoms with E-state index in [1.807, 2.05) is 24.3 Å². The molecule has 1 N–H and O–H groups in total. The zero-order valence-electron chi connectivity index (χ0n) is 9.40. The van der Waals surface area contributed by atoms with Crippen molar-refractivity contribution in [3.05, 3.63) is 24.3 Å². The van der Waals surface area contributed by atoms with Crippen molar-refractivity contribution in [2.75, 3.05) is 11.9 Å². The van der Waals surface area contributed by atoms with Crippen molar-refractivity contribution in [3.8, 4) is 0 Å². The van der Waals surface area contributed by atoms with Gasteiger partial charge in [0.15, 0.2) is 5.58 Å². The van der Waals surface area contributed by atoms with Crippen LogP contribution < -0.4 is 5.32 Å². The topological polar surface area (TPSA) is 38.1 Å². The minimum absolute atomic E-state index is 0.0787. The molecule has 2 rings (SSSR count). The number of aromatic nitrogens is 1. The number of hydrogen-bond acceptors (Lipinski definition) is 3. The van der Waals surface area contributed by atoms with Crippen molar-refractivity contribution in [3.63, 3.8) is 0 Å². The fourth-order valence-corrected chi connectivity index (χ4v) is 1.45. The Balaban J connectivity index is 2.05. The molecule has 0 bridgehead atoms. The number of para-hydroxylation sites is 2. The van der Waals surface area contributed by atoms with Gasteiger partial charge < -0.3 is 9.73 Å². The third-order valence-corrected chi connectivity index (χ3v) is 3.12. The van der Waals surface area contributed by atoms with Crippen LogP contribution in [0.15, 0.2) is 28.7 Å². The monoisotopic (exact) mass is 238 g/mol. The van der Waals surface area contributed by atoms with E-state index in [1.54, 1.807) is 0 Å². The summed E-state index contributed by atoms with van der Waals surface area (Å²) in [6.07, 6.45) is 0. The molecule has 0 spiro atoms. The van der Waals surface area contributed by atoms with Crippen LogP contribution >= 0.6 is 11.6 Å². The lowest BCUT2D eigenvalue weighted by Crippen LogP contribution is -2.19. The number of rotatable bonds is 4. The molecule has 0 aliphatic rings. The highest BCUT2D eigenvalue weighted by atomic mass is 35.5. The molecule has 0 fully saturated rings. The molecule has 0 aliphatic heterocycles. The summed E-state index contributed by atoms with van der Waals surface area (Å²) in [5.41, 5.74) is 1.65. The van der Waals surface area contributed by atoms with Crippen LogP contribution in [0.5, 0.6) is 0 Å². The number of benzene rings is 1. The van der Waals surface area contributed by atoms with Crippen molar-refractivity contribution in [1.29, 1.82) is 0 Å². The molecule has 0 saturated carbocycles. The van der Waals surface area contributed by atoms with Gasteiger partial charge in [0.05, 0.1) is 5.38 Å². The van der Waals surface area contributed by atoms with Gasteiger partial charge in [-0.1, -0.05) is 26.0 Å². The highest BCUT2D eigenvalue weighted by Crippen LogP contribution is 2.18. The Bertz CT molecular complexity index is 434. The Hall–Kier alpha value is -1.22. The first-order chi connectivity index (χ1) is 7.66. The van der Waals surface area contributed by atoms with Crippen LogP contribution in [0.3, 0.4) is 0 Å². The van der Waals surface area contributed by atoms with Crippen LogP contribution in [-0.4, -0.2) is 16.9 Å². The average Bonchev–Trinajstić information content (AvgIpc) is 2.68. The maximum Gasteiger partial charge on any atom is 0.295 e. The highest BCUT2D eigenvalue weighted by molar-refractivity contribution is 6.21. The lowest BCUT2D eigenvalue weighted by Gasteiger charge is -2.12. The van der Waals surface area contributed by atoms with Gasteiger partial charge >= 0.3 is 0 Å². The van der Waals surface area contributed by atoms with Crippen LogP contribution in [0.4, 0.5) is 6.01 Å². The molecule has 16 heavy (non-hydrogen) atoms. The third kappa shape index (κ3) is 2.47. The van der Waals surface area contributed by atoms with E-state index in [2.05, 4.69) is 24.1 Å².